The molecule has 1 unspecified atom stereocenters. The largest absolute Gasteiger partial charge is 0.481 e. The number of nitrogen functional groups attached to an aromatic ring is 1. The monoisotopic (exact) mass is 564 g/mol. The van der Waals surface area contributed by atoms with Crippen molar-refractivity contribution >= 4 is 56.1 Å². The number of hydrogen-bond donors (Lipinski definition) is 1. The van der Waals surface area contributed by atoms with Crippen LogP contribution in [0.25, 0.3) is 4.96 Å². The number of rotatable bonds is 5. The molecule has 6 heterocycles. The number of halogens is 2. The minimum Gasteiger partial charge on any atom is -0.481 e. The van der Waals surface area contributed by atoms with Crippen LogP contribution in [-0.4, -0.2) is 74.8 Å². The van der Waals surface area contributed by atoms with Gasteiger partial charge in [-0.05, 0) is 19.1 Å². The van der Waals surface area contributed by atoms with E-state index in [1.54, 1.807) is 16.6 Å². The van der Waals surface area contributed by atoms with Gasteiger partial charge in [0.15, 0.2) is 22.6 Å². The van der Waals surface area contributed by atoms with Crippen molar-refractivity contribution in [2.24, 2.45) is 0 Å². The van der Waals surface area contributed by atoms with Crippen LogP contribution in [0.15, 0.2) is 12.1 Å². The molecule has 194 valence electrons. The molecule has 0 aliphatic carbocycles. The van der Waals surface area contributed by atoms with Crippen LogP contribution in [-0.2, 0) is 16.0 Å². The van der Waals surface area contributed by atoms with Gasteiger partial charge in [0.05, 0.1) is 24.6 Å². The van der Waals surface area contributed by atoms with Crippen molar-refractivity contribution in [3.63, 3.8) is 0 Å². The van der Waals surface area contributed by atoms with Crippen LogP contribution in [0.5, 0.6) is 5.75 Å². The Morgan fingerprint density at radius 1 is 1.24 bits per heavy atom. The summed E-state index contributed by atoms with van der Waals surface area (Å²) in [4.78, 5) is 31.1. The van der Waals surface area contributed by atoms with Crippen LogP contribution in [0.1, 0.15) is 28.1 Å². The number of anilines is 2. The lowest BCUT2D eigenvalue weighted by Crippen LogP contribution is -2.43. The van der Waals surface area contributed by atoms with Crippen LogP contribution < -0.4 is 15.4 Å². The summed E-state index contributed by atoms with van der Waals surface area (Å²) < 4.78 is 27.8. The zero-order valence-corrected chi connectivity index (χ0v) is 22.1. The Morgan fingerprint density at radius 3 is 2.78 bits per heavy atom. The fraction of sp³-hybridized carbons (Fsp3) is 0.409. The maximum absolute atomic E-state index is 15.0. The highest BCUT2D eigenvalue weighted by molar-refractivity contribution is 7.16. The molecule has 0 saturated carbocycles. The van der Waals surface area contributed by atoms with E-state index in [1.165, 1.54) is 16.2 Å². The van der Waals surface area contributed by atoms with Gasteiger partial charge in [0.1, 0.15) is 22.6 Å². The summed E-state index contributed by atoms with van der Waals surface area (Å²) in [5.41, 5.74) is 7.24. The average Bonchev–Trinajstić information content (AvgIpc) is 3.53. The highest BCUT2D eigenvalue weighted by Crippen LogP contribution is 2.39. The highest BCUT2D eigenvalue weighted by Gasteiger charge is 2.40. The number of carbonyl (C=O) groups excluding carboxylic acids is 1. The second kappa shape index (κ2) is 9.67. The molecule has 6 rings (SSSR count). The first kappa shape index (κ1) is 24.3. The van der Waals surface area contributed by atoms with E-state index in [9.17, 15) is 9.18 Å². The van der Waals surface area contributed by atoms with Gasteiger partial charge in [-0.3, -0.25) is 4.79 Å². The maximum atomic E-state index is 15.0. The Kier molecular flexibility index (Phi) is 6.34. The maximum Gasteiger partial charge on any atom is 0.261 e. The summed E-state index contributed by atoms with van der Waals surface area (Å²) in [5, 5.41) is 5.02. The lowest BCUT2D eigenvalue weighted by atomic mass is 10.00. The lowest BCUT2D eigenvalue weighted by molar-refractivity contribution is -0.135. The van der Waals surface area contributed by atoms with E-state index >= 15 is 0 Å². The summed E-state index contributed by atoms with van der Waals surface area (Å²) in [7, 11) is 0. The first-order chi connectivity index (χ1) is 17.9. The summed E-state index contributed by atoms with van der Waals surface area (Å²) in [6.45, 7) is 4.55. The van der Waals surface area contributed by atoms with Crippen molar-refractivity contribution in [1.82, 2.24) is 29.5 Å². The van der Waals surface area contributed by atoms with E-state index in [-0.39, 0.29) is 34.2 Å². The molecule has 0 spiro atoms. The molecule has 4 aromatic heterocycles. The molecule has 2 N–H and O–H groups in total. The topological polar surface area (TPSA) is 124 Å². The van der Waals surface area contributed by atoms with E-state index in [0.29, 0.717) is 36.8 Å². The van der Waals surface area contributed by atoms with Crippen LogP contribution in [0.4, 0.5) is 15.3 Å². The minimum absolute atomic E-state index is 0.0683. The predicted molar refractivity (Wildman–Crippen MR) is 137 cm³/mol. The van der Waals surface area contributed by atoms with Gasteiger partial charge in [0, 0.05) is 26.1 Å². The predicted octanol–water partition coefficient (Wildman–Crippen LogP) is 2.72. The number of morpholine rings is 1. The number of ether oxygens (including phenoxy) is 2. The SMILES string of the molecule is Cc1nn2c3c(nc2s1)CCN(C(=O)COc1ccc(N2CCOCC2)nc1Cl)C3c1nc(N)sc1F. The Labute approximate surface area is 223 Å². The number of fused-ring (bicyclic) bond motifs is 3. The van der Waals surface area contributed by atoms with Gasteiger partial charge in [-0.2, -0.15) is 9.49 Å². The quantitative estimate of drug-likeness (QED) is 0.364. The van der Waals surface area contributed by atoms with Crippen molar-refractivity contribution in [1.29, 1.82) is 0 Å². The Balaban J connectivity index is 1.26. The second-order valence-corrected chi connectivity index (χ2v) is 11.1. The van der Waals surface area contributed by atoms with E-state index in [2.05, 4.69) is 25.0 Å². The molecule has 2 aliphatic rings. The third-order valence-corrected chi connectivity index (χ3v) is 8.05. The standard InChI is InChI=1S/C22H22ClFN8O3S2/c1-11-29-32-17-12(26-22(32)36-11)4-5-31(18(17)16-20(24)37-21(25)28-16)15(33)10-35-13-2-3-14(27-19(13)23)30-6-8-34-9-7-30/h2-3,18H,4-10H2,1H3,(H2,25,28). The number of nitrogens with zero attached hydrogens (tertiary/aromatic N) is 7. The molecular formula is C22H22ClFN8O3S2. The number of aryl methyl sites for hydroxylation is 1. The van der Waals surface area contributed by atoms with Gasteiger partial charge in [0.25, 0.3) is 5.91 Å². The number of nitrogens with two attached hydrogens (primary N) is 1. The van der Waals surface area contributed by atoms with E-state index in [0.717, 1.165) is 40.9 Å². The third kappa shape index (κ3) is 4.47. The van der Waals surface area contributed by atoms with Crippen molar-refractivity contribution < 1.29 is 18.7 Å². The molecule has 15 heteroatoms. The molecular weight excluding hydrogens is 543 g/mol. The van der Waals surface area contributed by atoms with Gasteiger partial charge < -0.3 is 25.0 Å². The Morgan fingerprint density at radius 2 is 2.05 bits per heavy atom. The molecule has 37 heavy (non-hydrogen) atoms. The lowest BCUT2D eigenvalue weighted by Gasteiger charge is -2.34. The molecule has 4 aromatic rings. The number of aromatic nitrogens is 5. The minimum atomic E-state index is -0.845. The average molecular weight is 565 g/mol. The fourth-order valence-electron chi connectivity index (χ4n) is 4.62. The summed E-state index contributed by atoms with van der Waals surface area (Å²) in [6.07, 6.45) is 0.491. The van der Waals surface area contributed by atoms with Crippen LogP contribution in [0.3, 0.4) is 0 Å². The van der Waals surface area contributed by atoms with Gasteiger partial charge in [-0.1, -0.05) is 34.3 Å². The fourth-order valence-corrected chi connectivity index (χ4v) is 6.18. The van der Waals surface area contributed by atoms with Gasteiger partial charge in [-0.15, -0.1) is 0 Å². The third-order valence-electron chi connectivity index (χ3n) is 6.27. The molecule has 1 saturated heterocycles. The van der Waals surface area contributed by atoms with E-state index in [1.807, 2.05) is 6.92 Å². The summed E-state index contributed by atoms with van der Waals surface area (Å²) in [5.74, 6) is 0.638. The molecule has 11 nitrogen and oxygen atoms in total. The number of imidazole rings is 1. The van der Waals surface area contributed by atoms with E-state index < -0.39 is 11.2 Å². The zero-order chi connectivity index (χ0) is 25.7. The molecule has 1 atom stereocenters. The number of hydrogen-bond acceptors (Lipinski definition) is 11. The molecule has 1 fully saturated rings. The molecule has 1 amide bonds. The molecule has 0 radical (unpaired) electrons. The van der Waals surface area contributed by atoms with Gasteiger partial charge >= 0.3 is 0 Å². The molecule has 0 bridgehead atoms. The number of thiazole rings is 1. The van der Waals surface area contributed by atoms with Crippen molar-refractivity contribution in [3.05, 3.63) is 44.5 Å². The van der Waals surface area contributed by atoms with Crippen LogP contribution >= 0.6 is 34.3 Å². The van der Waals surface area contributed by atoms with Gasteiger partial charge in [-0.25, -0.2) is 19.5 Å². The van der Waals surface area contributed by atoms with Crippen LogP contribution in [0, 0.1) is 12.1 Å². The number of pyridine rings is 1. The summed E-state index contributed by atoms with van der Waals surface area (Å²) >= 11 is 8.54. The summed E-state index contributed by atoms with van der Waals surface area (Å²) in [6, 6.07) is 2.65. The highest BCUT2D eigenvalue weighted by atomic mass is 35.5. The molecule has 0 aromatic carbocycles. The number of amides is 1. The van der Waals surface area contributed by atoms with Crippen molar-refractivity contribution in [2.75, 3.05) is 50.1 Å². The van der Waals surface area contributed by atoms with Crippen molar-refractivity contribution in [3.8, 4) is 5.75 Å². The zero-order valence-electron chi connectivity index (χ0n) is 19.7. The second-order valence-electron chi connectivity index (χ2n) is 8.56. The van der Waals surface area contributed by atoms with Crippen molar-refractivity contribution in [2.45, 2.75) is 19.4 Å². The Hall–Kier alpha value is -3.07. The van der Waals surface area contributed by atoms with E-state index in [4.69, 9.17) is 26.8 Å². The first-order valence-electron chi connectivity index (χ1n) is 11.6. The van der Waals surface area contributed by atoms with Crippen LogP contribution in [0.2, 0.25) is 5.15 Å². The first-order valence-corrected chi connectivity index (χ1v) is 13.6. The number of carbonyl (C=O) groups is 1. The van der Waals surface area contributed by atoms with Gasteiger partial charge in [0.2, 0.25) is 10.1 Å². The Bertz CT molecular complexity index is 1480. The normalized spacial score (nSPS) is 17.9. The molecule has 2 aliphatic heterocycles. The smallest absolute Gasteiger partial charge is 0.261 e.